The molecule has 36 heavy (non-hydrogen) atoms. The lowest BCUT2D eigenvalue weighted by Gasteiger charge is -2.14. The van der Waals surface area contributed by atoms with Gasteiger partial charge in [0.25, 0.3) is 5.69 Å². The predicted octanol–water partition coefficient (Wildman–Crippen LogP) is 8.47. The maximum Gasteiger partial charge on any atom is 0.277 e. The second-order valence-corrected chi connectivity index (χ2v) is 9.31. The quantitative estimate of drug-likeness (QED) is 0.194. The molecule has 0 radical (unpaired) electrons. The standard InChI is InChI=1S/C32H22N2O2/c35-34(36)28-19-16-24(20-27(28)21-8-2-1-3-9-21)33-29-17-14-22-10-4-6-12-25(22)31(29)32-26-13-7-5-11-23(26)15-18-30(32)33/h1-4,6-10,12-20H,5,11H2. The Bertz CT molecular complexity index is 1860. The van der Waals surface area contributed by atoms with E-state index >= 15 is 0 Å². The fourth-order valence-electron chi connectivity index (χ4n) is 5.74. The summed E-state index contributed by atoms with van der Waals surface area (Å²) in [6.07, 6.45) is 6.61. The molecule has 1 aromatic heterocycles. The molecule has 0 amide bonds. The van der Waals surface area contributed by atoms with Gasteiger partial charge in [-0.3, -0.25) is 10.1 Å². The minimum Gasteiger partial charge on any atom is -0.309 e. The van der Waals surface area contributed by atoms with Gasteiger partial charge in [-0.2, -0.15) is 0 Å². The number of rotatable bonds is 3. The topological polar surface area (TPSA) is 48.1 Å². The van der Waals surface area contributed by atoms with Gasteiger partial charge in [0.15, 0.2) is 0 Å². The molecule has 172 valence electrons. The first-order chi connectivity index (χ1) is 17.7. The van der Waals surface area contributed by atoms with Gasteiger partial charge in [0.05, 0.1) is 21.5 Å². The molecule has 4 nitrogen and oxygen atoms in total. The van der Waals surface area contributed by atoms with Crippen LogP contribution in [0.1, 0.15) is 17.5 Å². The summed E-state index contributed by atoms with van der Waals surface area (Å²) in [6, 6.07) is 32.4. The van der Waals surface area contributed by atoms with Crippen LogP contribution in [0.3, 0.4) is 0 Å². The molecule has 0 bridgehead atoms. The molecule has 7 rings (SSSR count). The van der Waals surface area contributed by atoms with Crippen LogP contribution in [0, 0.1) is 10.1 Å². The van der Waals surface area contributed by atoms with Crippen LogP contribution in [0.25, 0.3) is 55.5 Å². The molecule has 0 atom stereocenters. The number of nitro benzene ring substituents is 1. The highest BCUT2D eigenvalue weighted by Gasteiger charge is 2.22. The summed E-state index contributed by atoms with van der Waals surface area (Å²) < 4.78 is 2.26. The number of hydrogen-bond donors (Lipinski definition) is 0. The molecule has 0 aliphatic heterocycles. The molecule has 0 saturated heterocycles. The smallest absolute Gasteiger partial charge is 0.277 e. The van der Waals surface area contributed by atoms with Crippen molar-refractivity contribution in [2.24, 2.45) is 0 Å². The van der Waals surface area contributed by atoms with Gasteiger partial charge in [-0.05, 0) is 64.6 Å². The third-order valence-corrected chi connectivity index (χ3v) is 7.34. The van der Waals surface area contributed by atoms with Crippen molar-refractivity contribution in [3.05, 3.63) is 124 Å². The average molecular weight is 467 g/mol. The van der Waals surface area contributed by atoms with Gasteiger partial charge in [-0.1, -0.05) is 78.9 Å². The lowest BCUT2D eigenvalue weighted by Crippen LogP contribution is -1.99. The fourth-order valence-corrected chi connectivity index (χ4v) is 5.74. The molecule has 1 heterocycles. The summed E-state index contributed by atoms with van der Waals surface area (Å²) in [4.78, 5) is 11.6. The van der Waals surface area contributed by atoms with E-state index in [9.17, 15) is 10.1 Å². The Kier molecular flexibility index (Phi) is 4.55. The van der Waals surface area contributed by atoms with E-state index in [1.54, 1.807) is 6.07 Å². The third-order valence-electron chi connectivity index (χ3n) is 7.34. The summed E-state index contributed by atoms with van der Waals surface area (Å²) in [5.41, 5.74) is 7.33. The van der Waals surface area contributed by atoms with Crippen molar-refractivity contribution < 1.29 is 4.92 Å². The molecule has 0 fully saturated rings. The minimum absolute atomic E-state index is 0.108. The maximum atomic E-state index is 11.9. The Morgan fingerprint density at radius 3 is 2.42 bits per heavy atom. The van der Waals surface area contributed by atoms with E-state index in [1.165, 1.54) is 32.7 Å². The highest BCUT2D eigenvalue weighted by atomic mass is 16.6. The SMILES string of the molecule is O=[N+]([O-])c1ccc(-n2c3ccc4c(c3c3c5ccccc5ccc32)C=CCC4)cc1-c1ccccc1. The van der Waals surface area contributed by atoms with Crippen LogP contribution in [0.2, 0.25) is 0 Å². The van der Waals surface area contributed by atoms with Crippen molar-refractivity contribution in [1.29, 1.82) is 0 Å². The average Bonchev–Trinajstić information content (AvgIpc) is 3.28. The van der Waals surface area contributed by atoms with Crippen LogP contribution in [0.15, 0.2) is 103 Å². The van der Waals surface area contributed by atoms with Crippen LogP contribution < -0.4 is 0 Å². The first-order valence-electron chi connectivity index (χ1n) is 12.2. The van der Waals surface area contributed by atoms with Crippen molar-refractivity contribution in [2.75, 3.05) is 0 Å². The summed E-state index contributed by atoms with van der Waals surface area (Å²) in [7, 11) is 0. The number of aromatic nitrogens is 1. The maximum absolute atomic E-state index is 11.9. The van der Waals surface area contributed by atoms with E-state index in [0.29, 0.717) is 5.56 Å². The first-order valence-corrected chi connectivity index (χ1v) is 12.2. The summed E-state index contributed by atoms with van der Waals surface area (Å²) >= 11 is 0. The molecule has 1 aliphatic rings. The number of fused-ring (bicyclic) bond motifs is 7. The van der Waals surface area contributed by atoms with E-state index in [2.05, 4.69) is 65.3 Å². The van der Waals surface area contributed by atoms with Crippen LogP contribution in [-0.2, 0) is 6.42 Å². The van der Waals surface area contributed by atoms with Crippen LogP contribution in [-0.4, -0.2) is 9.49 Å². The van der Waals surface area contributed by atoms with Crippen molar-refractivity contribution in [3.8, 4) is 16.8 Å². The zero-order valence-electron chi connectivity index (χ0n) is 19.5. The van der Waals surface area contributed by atoms with Gasteiger partial charge in [0.1, 0.15) is 0 Å². The number of allylic oxidation sites excluding steroid dienone is 1. The number of benzene rings is 5. The van der Waals surface area contributed by atoms with E-state index in [-0.39, 0.29) is 10.6 Å². The van der Waals surface area contributed by atoms with Gasteiger partial charge >= 0.3 is 0 Å². The van der Waals surface area contributed by atoms with Crippen LogP contribution in [0.5, 0.6) is 0 Å². The van der Waals surface area contributed by atoms with Gasteiger partial charge in [-0.15, -0.1) is 0 Å². The molecular formula is C32H22N2O2. The van der Waals surface area contributed by atoms with Crippen LogP contribution >= 0.6 is 0 Å². The minimum atomic E-state index is -0.299. The lowest BCUT2D eigenvalue weighted by atomic mass is 9.92. The number of nitrogens with zero attached hydrogens (tertiary/aromatic N) is 2. The molecule has 1 aliphatic carbocycles. The lowest BCUT2D eigenvalue weighted by molar-refractivity contribution is -0.384. The van der Waals surface area contributed by atoms with Gasteiger partial charge in [-0.25, -0.2) is 0 Å². The fraction of sp³-hybridized carbons (Fsp3) is 0.0625. The van der Waals surface area contributed by atoms with Crippen molar-refractivity contribution in [3.63, 3.8) is 0 Å². The second-order valence-electron chi connectivity index (χ2n) is 9.31. The number of hydrogen-bond acceptors (Lipinski definition) is 2. The zero-order chi connectivity index (χ0) is 24.2. The Labute approximate surface area is 207 Å². The van der Waals surface area contributed by atoms with Gasteiger partial charge < -0.3 is 4.57 Å². The van der Waals surface area contributed by atoms with E-state index in [1.807, 2.05) is 42.5 Å². The highest BCUT2D eigenvalue weighted by molar-refractivity contribution is 6.23. The summed E-state index contributed by atoms with van der Waals surface area (Å²) in [6.45, 7) is 0. The van der Waals surface area contributed by atoms with Gasteiger partial charge in [0, 0.05) is 22.5 Å². The van der Waals surface area contributed by atoms with Gasteiger partial charge in [0.2, 0.25) is 0 Å². The molecule has 4 heteroatoms. The zero-order valence-corrected chi connectivity index (χ0v) is 19.5. The molecule has 0 unspecified atom stereocenters. The normalized spacial score (nSPS) is 12.9. The Morgan fingerprint density at radius 2 is 1.56 bits per heavy atom. The largest absolute Gasteiger partial charge is 0.309 e. The van der Waals surface area contributed by atoms with Crippen molar-refractivity contribution in [1.82, 2.24) is 4.57 Å². The van der Waals surface area contributed by atoms with E-state index in [0.717, 1.165) is 35.1 Å². The van der Waals surface area contributed by atoms with E-state index < -0.39 is 0 Å². The third kappa shape index (κ3) is 3.01. The number of aryl methyl sites for hydroxylation is 1. The molecule has 0 N–H and O–H groups in total. The first kappa shape index (κ1) is 20.7. The molecule has 6 aromatic rings. The monoisotopic (exact) mass is 466 g/mol. The highest BCUT2D eigenvalue weighted by Crippen LogP contribution is 2.42. The summed E-state index contributed by atoms with van der Waals surface area (Å²) in [5, 5.41) is 16.8. The summed E-state index contributed by atoms with van der Waals surface area (Å²) in [5.74, 6) is 0. The second kappa shape index (κ2) is 7.92. The molecular weight excluding hydrogens is 444 g/mol. The van der Waals surface area contributed by atoms with E-state index in [4.69, 9.17) is 0 Å². The molecule has 0 saturated carbocycles. The number of nitro groups is 1. The van der Waals surface area contributed by atoms with Crippen LogP contribution in [0.4, 0.5) is 5.69 Å². The molecule has 5 aromatic carbocycles. The molecule has 0 spiro atoms. The van der Waals surface area contributed by atoms with Crippen molar-refractivity contribution >= 4 is 44.3 Å². The van der Waals surface area contributed by atoms with Crippen molar-refractivity contribution in [2.45, 2.75) is 12.8 Å². The Hall–Kier alpha value is -4.70. The Morgan fingerprint density at radius 1 is 0.778 bits per heavy atom. The Balaban J connectivity index is 1.63. The predicted molar refractivity (Wildman–Crippen MR) is 148 cm³/mol.